The lowest BCUT2D eigenvalue weighted by Gasteiger charge is -2.03. The zero-order chi connectivity index (χ0) is 13.5. The minimum Gasteiger partial charge on any atom is -0.314 e. The van der Waals surface area contributed by atoms with Crippen LogP contribution < -0.4 is 10.6 Å². The van der Waals surface area contributed by atoms with Crippen molar-refractivity contribution in [3.05, 3.63) is 66.4 Å². The summed E-state index contributed by atoms with van der Waals surface area (Å²) in [6.07, 6.45) is 6.32. The van der Waals surface area contributed by atoms with Crippen LogP contribution in [-0.2, 0) is 0 Å². The monoisotopic (exact) mass is 257 g/mol. The molecule has 1 aromatic heterocycles. The Labute approximate surface area is 110 Å². The number of anilines is 1. The Morgan fingerprint density at radius 1 is 1.21 bits per heavy atom. The van der Waals surface area contributed by atoms with Crippen LogP contribution in [0, 0.1) is 5.82 Å². The summed E-state index contributed by atoms with van der Waals surface area (Å²) in [5.41, 5.74) is 1.40. The molecule has 0 aliphatic rings. The smallest absolute Gasteiger partial charge is 0.314 e. The van der Waals surface area contributed by atoms with Crippen LogP contribution in [0.15, 0.2) is 55.0 Å². The van der Waals surface area contributed by atoms with Crippen molar-refractivity contribution in [1.82, 2.24) is 10.3 Å². The van der Waals surface area contributed by atoms with Gasteiger partial charge in [0, 0.05) is 12.4 Å². The third-order valence-electron chi connectivity index (χ3n) is 2.28. The lowest BCUT2D eigenvalue weighted by Crippen LogP contribution is -2.23. The van der Waals surface area contributed by atoms with Gasteiger partial charge >= 0.3 is 6.03 Å². The third-order valence-corrected chi connectivity index (χ3v) is 2.28. The fraction of sp³-hybridized carbons (Fsp3) is 0. The molecule has 0 aliphatic carbocycles. The van der Waals surface area contributed by atoms with Gasteiger partial charge in [-0.2, -0.15) is 0 Å². The van der Waals surface area contributed by atoms with Crippen LogP contribution >= 0.6 is 0 Å². The largest absolute Gasteiger partial charge is 0.323 e. The van der Waals surface area contributed by atoms with E-state index in [2.05, 4.69) is 15.6 Å². The highest BCUT2D eigenvalue weighted by Crippen LogP contribution is 2.04. The maximum Gasteiger partial charge on any atom is 0.323 e. The van der Waals surface area contributed by atoms with E-state index < -0.39 is 0 Å². The van der Waals surface area contributed by atoms with E-state index in [9.17, 15) is 9.18 Å². The first kappa shape index (κ1) is 12.8. The van der Waals surface area contributed by atoms with Gasteiger partial charge in [-0.3, -0.25) is 4.98 Å². The molecule has 0 aliphatic heterocycles. The normalized spacial score (nSPS) is 10.4. The molecule has 4 nitrogen and oxygen atoms in total. The number of rotatable bonds is 3. The summed E-state index contributed by atoms with van der Waals surface area (Å²) in [6.45, 7) is 0. The molecule has 0 saturated carbocycles. The number of hydrogen-bond acceptors (Lipinski definition) is 2. The van der Waals surface area contributed by atoms with Gasteiger partial charge < -0.3 is 10.6 Å². The molecule has 96 valence electrons. The number of carbonyl (C=O) groups is 1. The molecule has 2 rings (SSSR count). The van der Waals surface area contributed by atoms with Gasteiger partial charge in [0.15, 0.2) is 0 Å². The van der Waals surface area contributed by atoms with Crippen molar-refractivity contribution >= 4 is 17.8 Å². The van der Waals surface area contributed by atoms with E-state index >= 15 is 0 Å². The molecule has 0 bridgehead atoms. The Kier molecular flexibility index (Phi) is 4.23. The van der Waals surface area contributed by atoms with E-state index in [4.69, 9.17) is 0 Å². The average Bonchev–Trinajstić information content (AvgIpc) is 2.42. The number of hydrogen-bond donors (Lipinski definition) is 2. The summed E-state index contributed by atoms with van der Waals surface area (Å²) in [4.78, 5) is 15.4. The van der Waals surface area contributed by atoms with E-state index in [1.54, 1.807) is 42.7 Å². The lowest BCUT2D eigenvalue weighted by atomic mass is 10.2. The number of urea groups is 1. The third kappa shape index (κ3) is 4.23. The predicted molar refractivity (Wildman–Crippen MR) is 71.8 cm³/mol. The molecular weight excluding hydrogens is 245 g/mol. The van der Waals surface area contributed by atoms with Crippen LogP contribution in [0.5, 0.6) is 0 Å². The number of nitrogens with zero attached hydrogens (tertiary/aromatic N) is 1. The molecule has 2 aromatic rings. The molecule has 1 aromatic carbocycles. The molecule has 0 saturated heterocycles. The summed E-state index contributed by atoms with van der Waals surface area (Å²) < 4.78 is 12.7. The predicted octanol–water partition coefficient (Wildman–Crippen LogP) is 3.01. The SMILES string of the molecule is O=C(N/C=C/c1ccc(F)cc1)Nc1cccnc1. The topological polar surface area (TPSA) is 54.0 Å². The molecule has 0 radical (unpaired) electrons. The van der Waals surface area contributed by atoms with Crippen LogP contribution in [0.1, 0.15) is 5.56 Å². The molecule has 0 atom stereocenters. The Bertz CT molecular complexity index is 567. The van der Waals surface area contributed by atoms with Gasteiger partial charge in [-0.15, -0.1) is 0 Å². The van der Waals surface area contributed by atoms with Gasteiger partial charge in [0.1, 0.15) is 5.82 Å². The van der Waals surface area contributed by atoms with Crippen LogP contribution in [0.25, 0.3) is 6.08 Å². The zero-order valence-corrected chi connectivity index (χ0v) is 10.0. The number of halogens is 1. The van der Waals surface area contributed by atoms with Crippen LogP contribution in [0.2, 0.25) is 0 Å². The minimum atomic E-state index is -0.369. The second-order valence-corrected chi connectivity index (χ2v) is 3.73. The van der Waals surface area contributed by atoms with Crippen molar-refractivity contribution in [3.63, 3.8) is 0 Å². The van der Waals surface area contributed by atoms with Crippen LogP contribution in [0.4, 0.5) is 14.9 Å². The first-order chi connectivity index (χ1) is 9.24. The highest BCUT2D eigenvalue weighted by atomic mass is 19.1. The van der Waals surface area contributed by atoms with Crippen molar-refractivity contribution in [2.45, 2.75) is 0 Å². The first-order valence-electron chi connectivity index (χ1n) is 5.64. The Morgan fingerprint density at radius 2 is 2.00 bits per heavy atom. The highest BCUT2D eigenvalue weighted by Gasteiger charge is 1.97. The minimum absolute atomic E-state index is 0.292. The van der Waals surface area contributed by atoms with Crippen molar-refractivity contribution < 1.29 is 9.18 Å². The average molecular weight is 257 g/mol. The summed E-state index contributed by atoms with van der Waals surface area (Å²) in [6, 6.07) is 9.04. The standard InChI is InChI=1S/C14H12FN3O/c15-12-5-3-11(4-6-12)7-9-17-14(19)18-13-2-1-8-16-10-13/h1-10H,(H2,17,18,19)/b9-7+. The van der Waals surface area contributed by atoms with E-state index in [0.717, 1.165) is 5.56 Å². The van der Waals surface area contributed by atoms with E-state index in [0.29, 0.717) is 5.69 Å². The van der Waals surface area contributed by atoms with Crippen LogP contribution in [-0.4, -0.2) is 11.0 Å². The first-order valence-corrected chi connectivity index (χ1v) is 5.64. The van der Waals surface area contributed by atoms with Crippen molar-refractivity contribution in [2.75, 3.05) is 5.32 Å². The summed E-state index contributed by atoms with van der Waals surface area (Å²) in [7, 11) is 0. The van der Waals surface area contributed by atoms with Gasteiger partial charge in [0.05, 0.1) is 11.9 Å². The van der Waals surface area contributed by atoms with Crippen LogP contribution in [0.3, 0.4) is 0 Å². The second-order valence-electron chi connectivity index (χ2n) is 3.73. The quantitative estimate of drug-likeness (QED) is 0.888. The molecule has 19 heavy (non-hydrogen) atoms. The molecule has 5 heteroatoms. The maximum atomic E-state index is 12.7. The maximum absolute atomic E-state index is 12.7. The lowest BCUT2D eigenvalue weighted by molar-refractivity contribution is 0.255. The summed E-state index contributed by atoms with van der Waals surface area (Å²) >= 11 is 0. The Hall–Kier alpha value is -2.69. The van der Waals surface area contributed by atoms with E-state index in [1.807, 2.05) is 0 Å². The molecule has 2 N–H and O–H groups in total. The molecule has 1 heterocycles. The Balaban J connectivity index is 1.85. The van der Waals surface area contributed by atoms with Gasteiger partial charge in [0.25, 0.3) is 0 Å². The summed E-state index contributed by atoms with van der Waals surface area (Å²) in [5, 5.41) is 5.16. The number of benzene rings is 1. The number of nitrogens with one attached hydrogen (secondary N) is 2. The molecule has 0 fully saturated rings. The molecular formula is C14H12FN3O. The van der Waals surface area contributed by atoms with Gasteiger partial charge in [-0.1, -0.05) is 12.1 Å². The van der Waals surface area contributed by atoms with Gasteiger partial charge in [-0.05, 0) is 35.9 Å². The van der Waals surface area contributed by atoms with Gasteiger partial charge in [-0.25, -0.2) is 9.18 Å². The van der Waals surface area contributed by atoms with Crippen molar-refractivity contribution in [2.24, 2.45) is 0 Å². The highest BCUT2D eigenvalue weighted by molar-refractivity contribution is 5.90. The van der Waals surface area contributed by atoms with Crippen molar-refractivity contribution in [3.8, 4) is 0 Å². The molecule has 2 amide bonds. The molecule has 0 spiro atoms. The fourth-order valence-corrected chi connectivity index (χ4v) is 1.39. The number of pyridine rings is 1. The van der Waals surface area contributed by atoms with E-state index in [1.165, 1.54) is 18.3 Å². The summed E-state index contributed by atoms with van der Waals surface area (Å²) in [5.74, 6) is -0.292. The fourth-order valence-electron chi connectivity index (χ4n) is 1.39. The number of aromatic nitrogens is 1. The Morgan fingerprint density at radius 3 is 2.68 bits per heavy atom. The zero-order valence-electron chi connectivity index (χ0n) is 10.0. The van der Waals surface area contributed by atoms with Crippen molar-refractivity contribution in [1.29, 1.82) is 0 Å². The second kappa shape index (κ2) is 6.30. The number of carbonyl (C=O) groups excluding carboxylic acids is 1. The number of amides is 2. The van der Waals surface area contributed by atoms with Gasteiger partial charge in [0.2, 0.25) is 0 Å². The molecule has 0 unspecified atom stereocenters. The van der Waals surface area contributed by atoms with E-state index in [-0.39, 0.29) is 11.8 Å².